The zero-order chi connectivity index (χ0) is 11.1. The van der Waals surface area contributed by atoms with Crippen LogP contribution in [0.4, 0.5) is 0 Å². The van der Waals surface area contributed by atoms with Gasteiger partial charge in [0.1, 0.15) is 0 Å². The minimum absolute atomic E-state index is 0.0319. The molecular weight excluding hydrogens is 176 g/mol. The lowest BCUT2D eigenvalue weighted by molar-refractivity contribution is -0.115. The molecule has 0 aliphatic heterocycles. The Balaban J connectivity index is 4.27. The van der Waals surface area contributed by atoms with E-state index in [1.165, 1.54) is 6.08 Å². The van der Waals surface area contributed by atoms with Crippen molar-refractivity contribution >= 4 is 5.78 Å². The van der Waals surface area contributed by atoms with Crippen LogP contribution in [0, 0.1) is 11.8 Å². The standard InChI is InChI=1S/C12H22O2/c1-5-10(6-2)12(14)8-11(13)7-9(3)4/h8-10,14H,5-7H2,1-4H3. The summed E-state index contributed by atoms with van der Waals surface area (Å²) in [5.74, 6) is 0.782. The quantitative estimate of drug-likeness (QED) is 0.524. The van der Waals surface area contributed by atoms with Gasteiger partial charge in [-0.05, 0) is 18.8 Å². The average molecular weight is 198 g/mol. The second-order valence-corrected chi connectivity index (χ2v) is 4.15. The zero-order valence-electron chi connectivity index (χ0n) is 9.71. The second kappa shape index (κ2) is 6.63. The highest BCUT2D eigenvalue weighted by Crippen LogP contribution is 2.16. The highest BCUT2D eigenvalue weighted by molar-refractivity contribution is 5.90. The maximum Gasteiger partial charge on any atom is 0.159 e. The van der Waals surface area contributed by atoms with Crippen LogP contribution in [-0.2, 0) is 4.79 Å². The molecule has 0 aromatic rings. The molecule has 0 spiro atoms. The van der Waals surface area contributed by atoms with E-state index < -0.39 is 0 Å². The summed E-state index contributed by atoms with van der Waals surface area (Å²) in [6.45, 7) is 8.04. The van der Waals surface area contributed by atoms with Crippen molar-refractivity contribution in [3.8, 4) is 0 Å². The molecule has 0 fully saturated rings. The van der Waals surface area contributed by atoms with Crippen LogP contribution in [0.25, 0.3) is 0 Å². The molecule has 0 heterocycles. The van der Waals surface area contributed by atoms with Crippen molar-refractivity contribution in [2.24, 2.45) is 11.8 Å². The summed E-state index contributed by atoms with van der Waals surface area (Å²) in [5.41, 5.74) is 0. The molecule has 0 radical (unpaired) electrons. The smallest absolute Gasteiger partial charge is 0.159 e. The van der Waals surface area contributed by atoms with Gasteiger partial charge in [-0.3, -0.25) is 4.79 Å². The topological polar surface area (TPSA) is 37.3 Å². The molecule has 0 aromatic carbocycles. The van der Waals surface area contributed by atoms with Gasteiger partial charge in [-0.15, -0.1) is 0 Å². The lowest BCUT2D eigenvalue weighted by atomic mass is 9.98. The molecule has 0 amide bonds. The number of aliphatic hydroxyl groups excluding tert-OH is 1. The Morgan fingerprint density at radius 1 is 1.29 bits per heavy atom. The fraction of sp³-hybridized carbons (Fsp3) is 0.750. The van der Waals surface area contributed by atoms with Crippen molar-refractivity contribution in [2.75, 3.05) is 0 Å². The Hall–Kier alpha value is -0.790. The molecule has 0 bridgehead atoms. The molecule has 0 aliphatic carbocycles. The first-order chi connectivity index (χ1) is 6.51. The summed E-state index contributed by atoms with van der Waals surface area (Å²) in [6, 6.07) is 0. The first-order valence-corrected chi connectivity index (χ1v) is 5.44. The lowest BCUT2D eigenvalue weighted by Gasteiger charge is -2.10. The van der Waals surface area contributed by atoms with Crippen molar-refractivity contribution < 1.29 is 9.90 Å². The Labute approximate surface area is 87.0 Å². The van der Waals surface area contributed by atoms with Crippen molar-refractivity contribution in [1.82, 2.24) is 0 Å². The van der Waals surface area contributed by atoms with E-state index in [-0.39, 0.29) is 17.5 Å². The van der Waals surface area contributed by atoms with Gasteiger partial charge in [-0.1, -0.05) is 27.7 Å². The maximum atomic E-state index is 11.4. The van der Waals surface area contributed by atoms with Crippen LogP contribution in [-0.4, -0.2) is 10.9 Å². The monoisotopic (exact) mass is 198 g/mol. The Morgan fingerprint density at radius 2 is 1.79 bits per heavy atom. The minimum Gasteiger partial charge on any atom is -0.512 e. The summed E-state index contributed by atoms with van der Waals surface area (Å²) in [4.78, 5) is 11.4. The Bertz CT molecular complexity index is 200. The number of hydrogen-bond donors (Lipinski definition) is 1. The largest absolute Gasteiger partial charge is 0.512 e. The van der Waals surface area contributed by atoms with Crippen LogP contribution < -0.4 is 0 Å². The zero-order valence-corrected chi connectivity index (χ0v) is 9.71. The van der Waals surface area contributed by atoms with Gasteiger partial charge in [-0.2, -0.15) is 0 Å². The van der Waals surface area contributed by atoms with E-state index >= 15 is 0 Å². The highest BCUT2D eigenvalue weighted by Gasteiger charge is 2.11. The summed E-state index contributed by atoms with van der Waals surface area (Å²) >= 11 is 0. The number of carbonyl (C=O) groups excluding carboxylic acids is 1. The van der Waals surface area contributed by atoms with Crippen LogP contribution in [0.2, 0.25) is 0 Å². The van der Waals surface area contributed by atoms with E-state index in [1.807, 2.05) is 27.7 Å². The Kier molecular flexibility index (Phi) is 6.26. The number of hydrogen-bond acceptors (Lipinski definition) is 2. The lowest BCUT2D eigenvalue weighted by Crippen LogP contribution is -2.06. The van der Waals surface area contributed by atoms with Crippen LogP contribution >= 0.6 is 0 Å². The summed E-state index contributed by atoms with van der Waals surface area (Å²) < 4.78 is 0. The van der Waals surface area contributed by atoms with Gasteiger partial charge in [0, 0.05) is 18.4 Å². The fourth-order valence-electron chi connectivity index (χ4n) is 1.45. The molecule has 0 aliphatic rings. The summed E-state index contributed by atoms with van der Waals surface area (Å²) in [7, 11) is 0. The van der Waals surface area contributed by atoms with E-state index in [2.05, 4.69) is 0 Å². The third-order valence-electron chi connectivity index (χ3n) is 2.32. The van der Waals surface area contributed by atoms with Crippen molar-refractivity contribution in [2.45, 2.75) is 47.0 Å². The summed E-state index contributed by atoms with van der Waals surface area (Å²) in [6.07, 6.45) is 3.68. The number of rotatable bonds is 6. The van der Waals surface area contributed by atoms with Gasteiger partial charge in [0.2, 0.25) is 0 Å². The molecular formula is C12H22O2. The van der Waals surface area contributed by atoms with Crippen molar-refractivity contribution in [3.05, 3.63) is 11.8 Å². The third-order valence-corrected chi connectivity index (χ3v) is 2.32. The Morgan fingerprint density at radius 3 is 2.14 bits per heavy atom. The average Bonchev–Trinajstić information content (AvgIpc) is 2.04. The second-order valence-electron chi connectivity index (χ2n) is 4.15. The van der Waals surface area contributed by atoms with E-state index in [4.69, 9.17) is 0 Å². The van der Waals surface area contributed by atoms with Gasteiger partial charge in [0.05, 0.1) is 5.76 Å². The van der Waals surface area contributed by atoms with Crippen LogP contribution in [0.1, 0.15) is 47.0 Å². The third kappa shape index (κ3) is 5.05. The SMILES string of the molecule is CCC(CC)C(O)=CC(=O)CC(C)C. The van der Waals surface area contributed by atoms with Crippen molar-refractivity contribution in [1.29, 1.82) is 0 Å². The van der Waals surface area contributed by atoms with E-state index in [9.17, 15) is 9.90 Å². The van der Waals surface area contributed by atoms with Crippen LogP contribution in [0.15, 0.2) is 11.8 Å². The molecule has 14 heavy (non-hydrogen) atoms. The first-order valence-electron chi connectivity index (χ1n) is 5.44. The number of allylic oxidation sites excluding steroid dienone is 2. The molecule has 0 aromatic heterocycles. The molecule has 0 unspecified atom stereocenters. The molecule has 0 saturated carbocycles. The van der Waals surface area contributed by atoms with Crippen LogP contribution in [0.5, 0.6) is 0 Å². The van der Waals surface area contributed by atoms with Gasteiger partial charge in [0.25, 0.3) is 0 Å². The predicted octanol–water partition coefficient (Wildman–Crippen LogP) is 3.48. The van der Waals surface area contributed by atoms with Gasteiger partial charge in [-0.25, -0.2) is 0 Å². The molecule has 2 heteroatoms. The molecule has 1 N–H and O–H groups in total. The van der Waals surface area contributed by atoms with E-state index in [0.717, 1.165) is 12.8 Å². The molecule has 82 valence electrons. The predicted molar refractivity (Wildman–Crippen MR) is 59.2 cm³/mol. The minimum atomic E-state index is 0.0319. The molecule has 0 atom stereocenters. The molecule has 2 nitrogen and oxygen atoms in total. The normalized spacial score (nSPS) is 12.6. The molecule has 0 saturated heterocycles. The summed E-state index contributed by atoms with van der Waals surface area (Å²) in [5, 5.41) is 9.63. The number of ketones is 1. The number of carbonyl (C=O) groups is 1. The highest BCUT2D eigenvalue weighted by atomic mass is 16.3. The van der Waals surface area contributed by atoms with Gasteiger partial charge >= 0.3 is 0 Å². The number of aliphatic hydroxyl groups is 1. The van der Waals surface area contributed by atoms with Crippen LogP contribution in [0.3, 0.4) is 0 Å². The van der Waals surface area contributed by atoms with Gasteiger partial charge in [0.15, 0.2) is 5.78 Å². The fourth-order valence-corrected chi connectivity index (χ4v) is 1.45. The van der Waals surface area contributed by atoms with Gasteiger partial charge < -0.3 is 5.11 Å². The molecule has 0 rings (SSSR count). The van der Waals surface area contributed by atoms with Crippen molar-refractivity contribution in [3.63, 3.8) is 0 Å². The maximum absolute atomic E-state index is 11.4. The first kappa shape index (κ1) is 13.2. The van der Waals surface area contributed by atoms with E-state index in [1.54, 1.807) is 0 Å². The van der Waals surface area contributed by atoms with E-state index in [0.29, 0.717) is 12.3 Å².